The molecule has 0 aliphatic rings. The first-order valence-corrected chi connectivity index (χ1v) is 7.55. The lowest BCUT2D eigenvalue weighted by Crippen LogP contribution is -2.40. The van der Waals surface area contributed by atoms with Crippen LogP contribution in [0.15, 0.2) is 18.2 Å². The van der Waals surface area contributed by atoms with Gasteiger partial charge in [0.15, 0.2) is 0 Å². The number of carboxylic acid groups (broad SMARTS) is 1. The molecule has 0 radical (unpaired) electrons. The number of carbonyl (C=O) groups excluding carboxylic acids is 1. The molecule has 1 atom stereocenters. The van der Waals surface area contributed by atoms with Gasteiger partial charge in [-0.15, -0.1) is 0 Å². The number of nitrogens with two attached hydrogens (primary N) is 1. The van der Waals surface area contributed by atoms with Gasteiger partial charge in [-0.3, -0.25) is 4.79 Å². The second-order valence-electron chi connectivity index (χ2n) is 5.11. The van der Waals surface area contributed by atoms with Crippen molar-refractivity contribution in [3.05, 3.63) is 23.8 Å². The van der Waals surface area contributed by atoms with Crippen molar-refractivity contribution in [3.63, 3.8) is 0 Å². The zero-order valence-corrected chi connectivity index (χ0v) is 13.1. The van der Waals surface area contributed by atoms with E-state index < -0.39 is 17.9 Å². The van der Waals surface area contributed by atoms with Gasteiger partial charge in [-0.25, -0.2) is 4.79 Å². The van der Waals surface area contributed by atoms with Gasteiger partial charge < -0.3 is 20.9 Å². The van der Waals surface area contributed by atoms with Gasteiger partial charge in [0.05, 0.1) is 12.3 Å². The number of carboxylic acids is 1. The van der Waals surface area contributed by atoms with Crippen molar-refractivity contribution >= 4 is 17.6 Å². The summed E-state index contributed by atoms with van der Waals surface area (Å²) in [6.07, 6.45) is 2.88. The fourth-order valence-corrected chi connectivity index (χ4v) is 1.94. The first-order chi connectivity index (χ1) is 10.5. The second kappa shape index (κ2) is 8.92. The molecule has 1 aromatic rings. The van der Waals surface area contributed by atoms with Gasteiger partial charge in [0.1, 0.15) is 11.8 Å². The molecule has 1 amide bonds. The van der Waals surface area contributed by atoms with E-state index in [2.05, 4.69) is 5.32 Å². The molecular weight excluding hydrogens is 284 g/mol. The molecule has 0 saturated heterocycles. The zero-order chi connectivity index (χ0) is 16.5. The third-order valence-corrected chi connectivity index (χ3v) is 3.18. The van der Waals surface area contributed by atoms with E-state index in [1.165, 1.54) is 6.07 Å². The van der Waals surface area contributed by atoms with Crippen LogP contribution in [-0.4, -0.2) is 29.6 Å². The van der Waals surface area contributed by atoms with Gasteiger partial charge in [-0.2, -0.15) is 0 Å². The van der Waals surface area contributed by atoms with Crippen molar-refractivity contribution in [1.29, 1.82) is 0 Å². The van der Waals surface area contributed by atoms with Crippen molar-refractivity contribution in [2.75, 3.05) is 12.3 Å². The number of aliphatic carboxylic acids is 1. The number of anilines is 1. The van der Waals surface area contributed by atoms with Crippen LogP contribution in [0.3, 0.4) is 0 Å². The number of ether oxygens (including phenoxy) is 1. The van der Waals surface area contributed by atoms with E-state index in [0.29, 0.717) is 30.0 Å². The predicted molar refractivity (Wildman–Crippen MR) is 85.1 cm³/mol. The van der Waals surface area contributed by atoms with Crippen LogP contribution in [0.1, 0.15) is 49.9 Å². The lowest BCUT2D eigenvalue weighted by molar-refractivity contribution is -0.139. The number of hydrogen-bond acceptors (Lipinski definition) is 4. The lowest BCUT2D eigenvalue weighted by atomic mass is 10.1. The molecule has 0 fully saturated rings. The molecule has 0 aromatic heterocycles. The van der Waals surface area contributed by atoms with Crippen molar-refractivity contribution < 1.29 is 19.4 Å². The van der Waals surface area contributed by atoms with Crippen LogP contribution in [0.5, 0.6) is 5.75 Å². The first-order valence-electron chi connectivity index (χ1n) is 7.55. The minimum absolute atomic E-state index is 0.323. The molecule has 0 saturated carbocycles. The van der Waals surface area contributed by atoms with E-state index >= 15 is 0 Å². The lowest BCUT2D eigenvalue weighted by Gasteiger charge is -2.15. The van der Waals surface area contributed by atoms with E-state index in [1.807, 2.05) is 13.8 Å². The van der Waals surface area contributed by atoms with Gasteiger partial charge in [0, 0.05) is 5.56 Å². The first kappa shape index (κ1) is 17.8. The Morgan fingerprint density at radius 2 is 2.05 bits per heavy atom. The Morgan fingerprint density at radius 1 is 1.32 bits per heavy atom. The van der Waals surface area contributed by atoms with Crippen LogP contribution in [0.25, 0.3) is 0 Å². The van der Waals surface area contributed by atoms with Crippen LogP contribution in [0.4, 0.5) is 5.69 Å². The Kier molecular flexibility index (Phi) is 7.22. The number of unbranched alkanes of at least 4 members (excludes halogenated alkanes) is 1. The van der Waals surface area contributed by atoms with Crippen molar-refractivity contribution in [3.8, 4) is 5.75 Å². The topological polar surface area (TPSA) is 102 Å². The summed E-state index contributed by atoms with van der Waals surface area (Å²) in [4.78, 5) is 23.3. The largest absolute Gasteiger partial charge is 0.491 e. The molecule has 1 aromatic carbocycles. The molecule has 6 heteroatoms. The Hall–Kier alpha value is -2.24. The minimum Gasteiger partial charge on any atom is -0.491 e. The quantitative estimate of drug-likeness (QED) is 0.608. The Morgan fingerprint density at radius 3 is 2.59 bits per heavy atom. The number of carbonyl (C=O) groups is 2. The molecule has 0 heterocycles. The highest BCUT2D eigenvalue weighted by atomic mass is 16.5. The fraction of sp³-hybridized carbons (Fsp3) is 0.500. The van der Waals surface area contributed by atoms with Gasteiger partial charge >= 0.3 is 5.97 Å². The third kappa shape index (κ3) is 5.27. The van der Waals surface area contributed by atoms with Crippen LogP contribution in [-0.2, 0) is 4.79 Å². The molecule has 6 nitrogen and oxygen atoms in total. The zero-order valence-electron chi connectivity index (χ0n) is 13.1. The van der Waals surface area contributed by atoms with Gasteiger partial charge in [-0.1, -0.05) is 26.7 Å². The van der Waals surface area contributed by atoms with Crippen molar-refractivity contribution in [2.45, 2.75) is 45.6 Å². The maximum atomic E-state index is 12.1. The molecule has 0 bridgehead atoms. The van der Waals surface area contributed by atoms with Crippen LogP contribution in [0, 0.1) is 0 Å². The van der Waals surface area contributed by atoms with Crippen molar-refractivity contribution in [1.82, 2.24) is 5.32 Å². The maximum Gasteiger partial charge on any atom is 0.326 e. The maximum absolute atomic E-state index is 12.1. The average Bonchev–Trinajstić information content (AvgIpc) is 2.49. The summed E-state index contributed by atoms with van der Waals surface area (Å²) in [5, 5.41) is 11.7. The summed E-state index contributed by atoms with van der Waals surface area (Å²) in [5.74, 6) is -0.950. The van der Waals surface area contributed by atoms with Crippen LogP contribution >= 0.6 is 0 Å². The van der Waals surface area contributed by atoms with Gasteiger partial charge in [-0.05, 0) is 31.0 Å². The summed E-state index contributed by atoms with van der Waals surface area (Å²) in [6.45, 7) is 4.50. The second-order valence-corrected chi connectivity index (χ2v) is 5.11. The Labute approximate surface area is 130 Å². The molecule has 0 spiro atoms. The molecule has 1 rings (SSSR count). The molecule has 1 unspecified atom stereocenters. The highest BCUT2D eigenvalue weighted by molar-refractivity contribution is 5.97. The highest BCUT2D eigenvalue weighted by Crippen LogP contribution is 2.22. The predicted octanol–water partition coefficient (Wildman–Crippen LogP) is 2.43. The number of nitrogens with one attached hydrogen (secondary N) is 1. The fourth-order valence-electron chi connectivity index (χ4n) is 1.94. The molecule has 22 heavy (non-hydrogen) atoms. The Bertz CT molecular complexity index is 517. The van der Waals surface area contributed by atoms with Crippen LogP contribution < -0.4 is 15.8 Å². The molecule has 4 N–H and O–H groups in total. The summed E-state index contributed by atoms with van der Waals surface area (Å²) < 4.78 is 5.44. The number of amides is 1. The normalized spacial score (nSPS) is 11.7. The highest BCUT2D eigenvalue weighted by Gasteiger charge is 2.20. The van der Waals surface area contributed by atoms with E-state index in [0.717, 1.165) is 19.3 Å². The summed E-state index contributed by atoms with van der Waals surface area (Å²) in [6, 6.07) is 3.82. The van der Waals surface area contributed by atoms with Gasteiger partial charge in [0.25, 0.3) is 5.91 Å². The summed E-state index contributed by atoms with van der Waals surface area (Å²) >= 11 is 0. The van der Waals surface area contributed by atoms with Crippen molar-refractivity contribution in [2.24, 2.45) is 0 Å². The standard InChI is InChI=1S/C16H24N2O4/c1-3-5-6-13(16(20)21)18-15(19)11-7-8-14(12(17)10-11)22-9-4-2/h7-8,10,13H,3-6,9,17H2,1-2H3,(H,18,19)(H,20,21). The smallest absolute Gasteiger partial charge is 0.326 e. The average molecular weight is 308 g/mol. The summed E-state index contributed by atoms with van der Waals surface area (Å²) in [7, 11) is 0. The van der Waals surface area contributed by atoms with Gasteiger partial charge in [0.2, 0.25) is 0 Å². The number of benzene rings is 1. The number of nitrogen functional groups attached to an aromatic ring is 1. The minimum atomic E-state index is -1.03. The van der Waals surface area contributed by atoms with Crippen LogP contribution in [0.2, 0.25) is 0 Å². The van der Waals surface area contributed by atoms with E-state index in [4.69, 9.17) is 15.6 Å². The number of rotatable bonds is 9. The summed E-state index contributed by atoms with van der Waals surface area (Å²) in [5.41, 5.74) is 6.54. The molecule has 122 valence electrons. The van der Waals surface area contributed by atoms with E-state index in [1.54, 1.807) is 12.1 Å². The third-order valence-electron chi connectivity index (χ3n) is 3.18. The Balaban J connectivity index is 2.75. The van der Waals surface area contributed by atoms with E-state index in [9.17, 15) is 9.59 Å². The van der Waals surface area contributed by atoms with E-state index in [-0.39, 0.29) is 0 Å². The number of hydrogen-bond donors (Lipinski definition) is 3. The molecular formula is C16H24N2O4. The SMILES string of the molecule is CCCCC(NC(=O)c1ccc(OCCC)c(N)c1)C(=O)O. The monoisotopic (exact) mass is 308 g/mol. The molecule has 0 aliphatic carbocycles. The molecule has 0 aliphatic heterocycles.